The molecule has 1 unspecified atom stereocenters. The van der Waals surface area contributed by atoms with Crippen molar-refractivity contribution >= 4 is 22.4 Å². The number of nitriles is 1. The van der Waals surface area contributed by atoms with Crippen molar-refractivity contribution in [3.05, 3.63) is 64.4 Å². The summed E-state index contributed by atoms with van der Waals surface area (Å²) in [6.45, 7) is 0. The molecule has 0 fully saturated rings. The lowest BCUT2D eigenvalue weighted by Gasteiger charge is -2.05. The molecule has 0 aliphatic heterocycles. The maximum absolute atomic E-state index is 13.6. The molecule has 2 nitrogen and oxygen atoms in total. The first-order chi connectivity index (χ1) is 9.10. The summed E-state index contributed by atoms with van der Waals surface area (Å²) in [5.74, 6) is -0.448. The molecule has 2 rings (SSSR count). The van der Waals surface area contributed by atoms with Crippen molar-refractivity contribution in [1.82, 2.24) is 0 Å². The third kappa shape index (κ3) is 3.40. The fourth-order valence-corrected chi connectivity index (χ4v) is 3.00. The molecule has 0 aromatic heterocycles. The molecule has 0 saturated heterocycles. The maximum atomic E-state index is 13.6. The number of rotatable bonds is 3. The van der Waals surface area contributed by atoms with Gasteiger partial charge >= 0.3 is 0 Å². The average molecular weight is 294 g/mol. The SMILES string of the molecule is N#Cc1ccc(F)c(CS(=O)c2cccc(Cl)c2)c1. The van der Waals surface area contributed by atoms with Gasteiger partial charge in [0.25, 0.3) is 0 Å². The highest BCUT2D eigenvalue weighted by Crippen LogP contribution is 2.19. The summed E-state index contributed by atoms with van der Waals surface area (Å²) in [7, 11) is -1.40. The van der Waals surface area contributed by atoms with Crippen molar-refractivity contribution in [2.75, 3.05) is 0 Å². The highest BCUT2D eigenvalue weighted by atomic mass is 35.5. The zero-order chi connectivity index (χ0) is 13.8. The molecule has 0 radical (unpaired) electrons. The third-order valence-corrected chi connectivity index (χ3v) is 4.11. The summed E-state index contributed by atoms with van der Waals surface area (Å²) in [6.07, 6.45) is 0. The van der Waals surface area contributed by atoms with Crippen LogP contribution in [0.4, 0.5) is 4.39 Å². The summed E-state index contributed by atoms with van der Waals surface area (Å²) in [6, 6.07) is 12.6. The molecule has 0 aliphatic carbocycles. The third-order valence-electron chi connectivity index (χ3n) is 2.52. The minimum absolute atomic E-state index is 0.0156. The Bertz CT molecular complexity index is 681. The lowest BCUT2D eigenvalue weighted by Crippen LogP contribution is -1.99. The van der Waals surface area contributed by atoms with Gasteiger partial charge in [-0.15, -0.1) is 0 Å². The summed E-state index contributed by atoms with van der Waals surface area (Å²) in [4.78, 5) is 0.536. The normalized spacial score (nSPS) is 11.8. The van der Waals surface area contributed by atoms with E-state index in [9.17, 15) is 8.60 Å². The van der Waals surface area contributed by atoms with E-state index < -0.39 is 16.6 Å². The van der Waals surface area contributed by atoms with Gasteiger partial charge in [-0.25, -0.2) is 4.39 Å². The fourth-order valence-electron chi connectivity index (χ4n) is 1.59. The van der Waals surface area contributed by atoms with Crippen molar-refractivity contribution in [1.29, 1.82) is 5.26 Å². The van der Waals surface area contributed by atoms with Crippen LogP contribution in [0.25, 0.3) is 0 Å². The Kier molecular flexibility index (Phi) is 4.31. The van der Waals surface area contributed by atoms with Crippen LogP contribution in [0.15, 0.2) is 47.4 Å². The van der Waals surface area contributed by atoms with E-state index in [1.807, 2.05) is 6.07 Å². The molecule has 5 heteroatoms. The van der Waals surface area contributed by atoms with E-state index in [-0.39, 0.29) is 11.3 Å². The van der Waals surface area contributed by atoms with E-state index in [0.717, 1.165) is 0 Å². The van der Waals surface area contributed by atoms with Crippen LogP contribution in [0.1, 0.15) is 11.1 Å². The Morgan fingerprint density at radius 2 is 2.05 bits per heavy atom. The second-order valence-electron chi connectivity index (χ2n) is 3.87. The average Bonchev–Trinajstić information content (AvgIpc) is 2.41. The van der Waals surface area contributed by atoms with Crippen LogP contribution in [-0.4, -0.2) is 4.21 Å². The molecule has 0 N–H and O–H groups in total. The Labute approximate surface area is 117 Å². The summed E-state index contributed by atoms with van der Waals surface area (Å²) >= 11 is 5.82. The molecule has 2 aromatic rings. The van der Waals surface area contributed by atoms with E-state index in [1.165, 1.54) is 18.2 Å². The van der Waals surface area contributed by atoms with Crippen LogP contribution in [0.5, 0.6) is 0 Å². The first-order valence-electron chi connectivity index (χ1n) is 5.42. The second kappa shape index (κ2) is 5.96. The van der Waals surface area contributed by atoms with Gasteiger partial charge in [-0.2, -0.15) is 5.26 Å². The Morgan fingerprint density at radius 1 is 1.26 bits per heavy atom. The zero-order valence-corrected chi connectivity index (χ0v) is 11.3. The molecule has 2 aromatic carbocycles. The van der Waals surface area contributed by atoms with Gasteiger partial charge in [-0.1, -0.05) is 17.7 Å². The van der Waals surface area contributed by atoms with E-state index >= 15 is 0 Å². The molecular formula is C14H9ClFNOS. The quantitative estimate of drug-likeness (QED) is 0.866. The fraction of sp³-hybridized carbons (Fsp3) is 0.0714. The minimum Gasteiger partial charge on any atom is -0.254 e. The summed E-state index contributed by atoms with van der Waals surface area (Å²) in [5, 5.41) is 9.26. The van der Waals surface area contributed by atoms with E-state index in [0.29, 0.717) is 15.5 Å². The molecule has 0 amide bonds. The monoisotopic (exact) mass is 293 g/mol. The summed E-state index contributed by atoms with van der Waals surface area (Å²) in [5.41, 5.74) is 0.608. The van der Waals surface area contributed by atoms with Crippen LogP contribution in [-0.2, 0) is 16.6 Å². The standard InChI is InChI=1S/C14H9ClFNOS/c15-12-2-1-3-13(7-12)19(18)9-11-6-10(8-17)4-5-14(11)16/h1-7H,9H2. The Balaban J connectivity index is 2.27. The number of hydrogen-bond donors (Lipinski definition) is 0. The van der Waals surface area contributed by atoms with Crippen molar-refractivity contribution in [2.24, 2.45) is 0 Å². The summed E-state index contributed by atoms with van der Waals surface area (Å²) < 4.78 is 25.7. The van der Waals surface area contributed by atoms with Gasteiger partial charge < -0.3 is 0 Å². The van der Waals surface area contributed by atoms with Crippen LogP contribution >= 0.6 is 11.6 Å². The molecule has 0 aliphatic rings. The van der Waals surface area contributed by atoms with Crippen molar-refractivity contribution in [3.63, 3.8) is 0 Å². The predicted molar refractivity (Wildman–Crippen MR) is 72.7 cm³/mol. The van der Waals surface area contributed by atoms with Gasteiger partial charge in [0.15, 0.2) is 0 Å². The highest BCUT2D eigenvalue weighted by molar-refractivity contribution is 7.84. The van der Waals surface area contributed by atoms with Gasteiger partial charge in [-0.3, -0.25) is 4.21 Å². The molecule has 0 saturated carbocycles. The highest BCUT2D eigenvalue weighted by Gasteiger charge is 2.10. The number of benzene rings is 2. The van der Waals surface area contributed by atoms with E-state index in [2.05, 4.69) is 0 Å². The number of hydrogen-bond acceptors (Lipinski definition) is 2. The number of halogens is 2. The van der Waals surface area contributed by atoms with Gasteiger partial charge in [0.1, 0.15) is 5.82 Å². The first kappa shape index (κ1) is 13.7. The lowest BCUT2D eigenvalue weighted by atomic mass is 10.1. The van der Waals surface area contributed by atoms with Crippen molar-refractivity contribution < 1.29 is 8.60 Å². The largest absolute Gasteiger partial charge is 0.254 e. The molecule has 1 atom stereocenters. The lowest BCUT2D eigenvalue weighted by molar-refractivity contribution is 0.615. The first-order valence-corrected chi connectivity index (χ1v) is 7.12. The Hall–Kier alpha value is -1.70. The smallest absolute Gasteiger partial charge is 0.127 e. The van der Waals surface area contributed by atoms with E-state index in [4.69, 9.17) is 16.9 Å². The van der Waals surface area contributed by atoms with Gasteiger partial charge in [0.2, 0.25) is 0 Å². The topological polar surface area (TPSA) is 40.9 Å². The minimum atomic E-state index is -1.40. The molecule has 0 bridgehead atoms. The van der Waals surface area contributed by atoms with Gasteiger partial charge in [-0.05, 0) is 36.4 Å². The predicted octanol–water partition coefficient (Wildman–Crippen LogP) is 3.66. The number of nitrogens with zero attached hydrogens (tertiary/aromatic N) is 1. The molecule has 0 heterocycles. The Morgan fingerprint density at radius 3 is 2.74 bits per heavy atom. The van der Waals surface area contributed by atoms with Gasteiger partial charge in [0, 0.05) is 15.5 Å². The van der Waals surface area contributed by atoms with E-state index in [1.54, 1.807) is 24.3 Å². The molecule has 19 heavy (non-hydrogen) atoms. The molecule has 96 valence electrons. The van der Waals surface area contributed by atoms with Crippen LogP contribution in [0.2, 0.25) is 5.02 Å². The second-order valence-corrected chi connectivity index (χ2v) is 5.75. The molecule has 0 spiro atoms. The van der Waals surface area contributed by atoms with Crippen LogP contribution in [0, 0.1) is 17.1 Å². The maximum Gasteiger partial charge on any atom is 0.127 e. The zero-order valence-electron chi connectivity index (χ0n) is 9.77. The van der Waals surface area contributed by atoms with Crippen LogP contribution in [0.3, 0.4) is 0 Å². The van der Waals surface area contributed by atoms with Crippen molar-refractivity contribution in [2.45, 2.75) is 10.6 Å². The molecular weight excluding hydrogens is 285 g/mol. The van der Waals surface area contributed by atoms with Crippen molar-refractivity contribution in [3.8, 4) is 6.07 Å². The van der Waals surface area contributed by atoms with Gasteiger partial charge in [0.05, 0.1) is 28.2 Å². The van der Waals surface area contributed by atoms with Crippen LogP contribution < -0.4 is 0 Å².